The van der Waals surface area contributed by atoms with Crippen LogP contribution in [-0.4, -0.2) is 7.11 Å². The number of ether oxygens (including phenoxy) is 1. The maximum Gasteiger partial charge on any atom is 0.119 e. The molecule has 0 aliphatic heterocycles. The number of rotatable bonds is 1. The Kier molecular flexibility index (Phi) is 2.81. The lowest BCUT2D eigenvalue weighted by Gasteiger charge is -2.54. The van der Waals surface area contributed by atoms with Gasteiger partial charge < -0.3 is 4.74 Å². The average molecular weight is 322 g/mol. The van der Waals surface area contributed by atoms with Gasteiger partial charge in [0.2, 0.25) is 0 Å². The summed E-state index contributed by atoms with van der Waals surface area (Å²) in [5.74, 6) is 5.04. The minimum absolute atomic E-state index is 0.399. The summed E-state index contributed by atoms with van der Waals surface area (Å²) >= 11 is 0. The van der Waals surface area contributed by atoms with Crippen LogP contribution in [0.1, 0.15) is 57.1 Å². The van der Waals surface area contributed by atoms with E-state index < -0.39 is 0 Å². The normalized spacial score (nSPS) is 48.2. The van der Waals surface area contributed by atoms with Crippen LogP contribution >= 0.6 is 0 Å². The molecule has 4 aliphatic carbocycles. The van der Waals surface area contributed by atoms with Crippen LogP contribution in [0.5, 0.6) is 5.75 Å². The van der Waals surface area contributed by atoms with Gasteiger partial charge in [-0.1, -0.05) is 39.0 Å². The smallest absolute Gasteiger partial charge is 0.119 e. The summed E-state index contributed by atoms with van der Waals surface area (Å²) in [4.78, 5) is 0. The second-order valence-corrected chi connectivity index (χ2v) is 9.41. The molecule has 5 rings (SSSR count). The Morgan fingerprint density at radius 2 is 2.04 bits per heavy atom. The number of methoxy groups -OCH3 is 1. The second kappa shape index (κ2) is 4.48. The lowest BCUT2D eigenvalue weighted by molar-refractivity contribution is 0.0151. The first-order valence-electron chi connectivity index (χ1n) is 9.80. The molecule has 1 heteroatoms. The molecule has 0 amide bonds. The van der Waals surface area contributed by atoms with E-state index in [1.54, 1.807) is 23.8 Å². The maximum absolute atomic E-state index is 5.48. The van der Waals surface area contributed by atoms with Gasteiger partial charge in [-0.3, -0.25) is 0 Å². The van der Waals surface area contributed by atoms with Gasteiger partial charge in [-0.15, -0.1) is 0 Å². The van der Waals surface area contributed by atoms with Gasteiger partial charge in [-0.25, -0.2) is 0 Å². The minimum atomic E-state index is 0.399. The highest BCUT2D eigenvalue weighted by Gasteiger charge is 2.77. The number of hydrogen-bond acceptors (Lipinski definition) is 1. The summed E-state index contributed by atoms with van der Waals surface area (Å²) in [6.07, 6.45) is 5.36. The first-order chi connectivity index (χ1) is 11.4. The van der Waals surface area contributed by atoms with Gasteiger partial charge in [0.05, 0.1) is 7.11 Å². The first kappa shape index (κ1) is 15.0. The molecule has 1 nitrogen and oxygen atoms in total. The van der Waals surface area contributed by atoms with Crippen LogP contribution in [0.25, 0.3) is 0 Å². The van der Waals surface area contributed by atoms with E-state index in [-0.39, 0.29) is 0 Å². The SMILES string of the molecule is C=C1[C@@H](C)[C@H]2C[C@]23[C@@H]2[C@H](C)Cc4cc(OC)ccc4[C@H]2CC[C@]13C. The molecule has 1 aromatic rings. The zero-order chi connectivity index (χ0) is 16.9. The van der Waals surface area contributed by atoms with E-state index in [4.69, 9.17) is 4.74 Å². The van der Waals surface area contributed by atoms with Crippen molar-refractivity contribution >= 4 is 0 Å². The summed E-state index contributed by atoms with van der Waals surface area (Å²) in [5.41, 5.74) is 5.71. The molecule has 1 aromatic carbocycles. The highest BCUT2D eigenvalue weighted by atomic mass is 16.5. The number of benzene rings is 1. The predicted octanol–water partition coefficient (Wildman–Crippen LogP) is 5.60. The van der Waals surface area contributed by atoms with E-state index in [1.807, 2.05) is 0 Å². The second-order valence-electron chi connectivity index (χ2n) is 9.41. The molecule has 3 saturated carbocycles. The zero-order valence-corrected chi connectivity index (χ0v) is 15.6. The van der Waals surface area contributed by atoms with Crippen LogP contribution in [0.4, 0.5) is 0 Å². The van der Waals surface area contributed by atoms with Crippen molar-refractivity contribution in [2.75, 3.05) is 7.11 Å². The van der Waals surface area contributed by atoms with Crippen LogP contribution in [0.15, 0.2) is 30.4 Å². The van der Waals surface area contributed by atoms with Gasteiger partial charge in [0.25, 0.3) is 0 Å². The van der Waals surface area contributed by atoms with E-state index in [0.717, 1.165) is 35.3 Å². The summed E-state index contributed by atoms with van der Waals surface area (Å²) in [6.45, 7) is 12.1. The molecule has 7 atom stereocenters. The number of fused-ring (bicyclic) bond motifs is 3. The molecule has 4 aliphatic rings. The molecular formula is C23H30O. The molecule has 0 N–H and O–H groups in total. The molecule has 24 heavy (non-hydrogen) atoms. The summed E-state index contributed by atoms with van der Waals surface area (Å²) in [5, 5.41) is 0. The molecule has 0 heterocycles. The molecule has 0 bridgehead atoms. The van der Waals surface area contributed by atoms with Gasteiger partial charge in [0.1, 0.15) is 5.75 Å². The Labute approximate surface area is 146 Å². The monoisotopic (exact) mass is 322 g/mol. The van der Waals surface area contributed by atoms with Crippen LogP contribution in [0.2, 0.25) is 0 Å². The maximum atomic E-state index is 5.48. The summed E-state index contributed by atoms with van der Waals surface area (Å²) in [6, 6.07) is 6.85. The summed E-state index contributed by atoms with van der Waals surface area (Å²) < 4.78 is 5.48. The molecule has 3 fully saturated rings. The third kappa shape index (κ3) is 1.49. The van der Waals surface area contributed by atoms with E-state index >= 15 is 0 Å². The fraction of sp³-hybridized carbons (Fsp3) is 0.652. The minimum Gasteiger partial charge on any atom is -0.497 e. The third-order valence-electron chi connectivity index (χ3n) is 8.84. The lowest BCUT2D eigenvalue weighted by Crippen LogP contribution is -2.46. The number of hydrogen-bond donors (Lipinski definition) is 0. The topological polar surface area (TPSA) is 9.23 Å². The largest absolute Gasteiger partial charge is 0.497 e. The fourth-order valence-electron chi connectivity index (χ4n) is 7.71. The zero-order valence-electron chi connectivity index (χ0n) is 15.6. The average Bonchev–Trinajstić information content (AvgIpc) is 3.28. The van der Waals surface area contributed by atoms with Crippen molar-refractivity contribution in [1.82, 2.24) is 0 Å². The quantitative estimate of drug-likeness (QED) is 0.612. The molecule has 0 unspecified atom stereocenters. The van der Waals surface area contributed by atoms with Crippen molar-refractivity contribution in [3.63, 3.8) is 0 Å². The molecular weight excluding hydrogens is 292 g/mol. The molecule has 128 valence electrons. The Balaban J connectivity index is 1.62. The third-order valence-corrected chi connectivity index (χ3v) is 8.84. The molecule has 0 radical (unpaired) electrons. The van der Waals surface area contributed by atoms with E-state index in [1.165, 1.54) is 25.7 Å². The Hall–Kier alpha value is -1.24. The van der Waals surface area contributed by atoms with Crippen molar-refractivity contribution in [2.24, 2.45) is 34.5 Å². The van der Waals surface area contributed by atoms with Crippen LogP contribution in [0.3, 0.4) is 0 Å². The molecule has 0 saturated heterocycles. The number of allylic oxidation sites excluding steroid dienone is 1. The summed E-state index contributed by atoms with van der Waals surface area (Å²) in [7, 11) is 1.78. The standard InChI is InChI=1S/C23H30O/c1-13-10-16-11-17(24-5)6-7-18(16)19-8-9-22(4)15(3)14(2)20-12-23(20,22)21(13)19/h6-7,11,13-14,19-21H,3,8-10,12H2,1-2,4-5H3/t13-,14-,19-,20-,21-,22-,23-/m1/s1. The predicted molar refractivity (Wildman–Crippen MR) is 98.3 cm³/mol. The van der Waals surface area contributed by atoms with Crippen LogP contribution in [-0.2, 0) is 6.42 Å². The Bertz CT molecular complexity index is 734. The Morgan fingerprint density at radius 3 is 2.79 bits per heavy atom. The fourth-order valence-corrected chi connectivity index (χ4v) is 7.71. The van der Waals surface area contributed by atoms with Crippen molar-refractivity contribution in [2.45, 2.75) is 52.4 Å². The van der Waals surface area contributed by atoms with Crippen molar-refractivity contribution in [3.05, 3.63) is 41.5 Å². The van der Waals surface area contributed by atoms with Gasteiger partial charge in [-0.2, -0.15) is 0 Å². The van der Waals surface area contributed by atoms with E-state index in [9.17, 15) is 0 Å². The van der Waals surface area contributed by atoms with E-state index in [0.29, 0.717) is 10.8 Å². The lowest BCUT2D eigenvalue weighted by atomic mass is 9.50. The van der Waals surface area contributed by atoms with Crippen molar-refractivity contribution in [3.8, 4) is 5.75 Å². The van der Waals surface area contributed by atoms with Crippen LogP contribution < -0.4 is 4.74 Å². The molecule has 0 aromatic heterocycles. The van der Waals surface area contributed by atoms with Crippen molar-refractivity contribution < 1.29 is 4.74 Å². The van der Waals surface area contributed by atoms with Gasteiger partial charge >= 0.3 is 0 Å². The molecule has 1 spiro atoms. The van der Waals surface area contributed by atoms with Crippen molar-refractivity contribution in [1.29, 1.82) is 0 Å². The van der Waals surface area contributed by atoms with E-state index in [2.05, 4.69) is 45.5 Å². The Morgan fingerprint density at radius 1 is 1.25 bits per heavy atom. The van der Waals surface area contributed by atoms with Gasteiger partial charge in [0.15, 0.2) is 0 Å². The van der Waals surface area contributed by atoms with Crippen LogP contribution in [0, 0.1) is 34.5 Å². The van der Waals surface area contributed by atoms with Gasteiger partial charge in [0, 0.05) is 0 Å². The van der Waals surface area contributed by atoms with Gasteiger partial charge in [-0.05, 0) is 89.4 Å². The first-order valence-corrected chi connectivity index (χ1v) is 9.80. The highest BCUT2D eigenvalue weighted by molar-refractivity contribution is 5.45. The highest BCUT2D eigenvalue weighted by Crippen LogP contribution is 2.84.